The van der Waals surface area contributed by atoms with Crippen molar-refractivity contribution >= 4 is 0 Å². The zero-order valence-corrected chi connectivity index (χ0v) is 10.1. The molecule has 0 amide bonds. The Hall–Kier alpha value is -1.66. The molecule has 0 radical (unpaired) electrons. The summed E-state index contributed by atoms with van der Waals surface area (Å²) in [5, 5.41) is 0. The lowest BCUT2D eigenvalue weighted by Crippen LogP contribution is -1.83. The molecule has 0 heterocycles. The number of hydrogen-bond donors (Lipinski definition) is 0. The van der Waals surface area contributed by atoms with Crippen molar-refractivity contribution in [3.8, 4) is 24.2 Å². The quantitative estimate of drug-likeness (QED) is 0.524. The van der Waals surface area contributed by atoms with Gasteiger partial charge in [0.1, 0.15) is 0 Å². The van der Waals surface area contributed by atoms with Crippen LogP contribution in [0.15, 0.2) is 18.2 Å². The molecule has 82 valence electrons. The van der Waals surface area contributed by atoms with Crippen LogP contribution in [0.3, 0.4) is 0 Å². The Kier molecular flexibility index (Phi) is 5.24. The van der Waals surface area contributed by atoms with E-state index >= 15 is 0 Å². The molecule has 0 aromatic heterocycles. The van der Waals surface area contributed by atoms with Crippen LogP contribution < -0.4 is 0 Å². The first-order valence-electron chi connectivity index (χ1n) is 5.84. The topological polar surface area (TPSA) is 0 Å². The van der Waals surface area contributed by atoms with E-state index in [-0.39, 0.29) is 0 Å². The molecule has 0 aliphatic rings. The molecule has 0 spiro atoms. The summed E-state index contributed by atoms with van der Waals surface area (Å²) in [4.78, 5) is 0. The molecule has 0 saturated heterocycles. The summed E-state index contributed by atoms with van der Waals surface area (Å²) in [5.41, 5.74) is 3.15. The van der Waals surface area contributed by atoms with E-state index < -0.39 is 0 Å². The van der Waals surface area contributed by atoms with Gasteiger partial charge in [-0.25, -0.2) is 0 Å². The summed E-state index contributed by atoms with van der Waals surface area (Å²) in [6, 6.07) is 6.02. The number of terminal acetylenes is 1. The number of benzene rings is 1. The van der Waals surface area contributed by atoms with Crippen LogP contribution in [-0.2, 0) is 0 Å². The highest BCUT2D eigenvalue weighted by atomic mass is 14.0. The molecule has 0 nitrogen and oxygen atoms in total. The second kappa shape index (κ2) is 6.76. The molecular formula is C16H18. The maximum absolute atomic E-state index is 5.37. The zero-order chi connectivity index (χ0) is 11.8. The van der Waals surface area contributed by atoms with Crippen LogP contribution in [0.5, 0.6) is 0 Å². The minimum absolute atomic E-state index is 0.955. The van der Waals surface area contributed by atoms with Crippen LogP contribution in [0, 0.1) is 31.1 Å². The van der Waals surface area contributed by atoms with Crippen molar-refractivity contribution in [3.63, 3.8) is 0 Å². The Balaban J connectivity index is 2.61. The molecule has 1 aromatic carbocycles. The van der Waals surface area contributed by atoms with Crippen LogP contribution in [0.4, 0.5) is 0 Å². The second-order valence-corrected chi connectivity index (χ2v) is 3.93. The molecule has 0 fully saturated rings. The van der Waals surface area contributed by atoms with Gasteiger partial charge in [0.05, 0.1) is 0 Å². The summed E-state index contributed by atoms with van der Waals surface area (Å²) < 4.78 is 0. The average molecular weight is 210 g/mol. The van der Waals surface area contributed by atoms with Crippen molar-refractivity contribution in [2.24, 2.45) is 0 Å². The third kappa shape index (κ3) is 3.84. The molecule has 0 heteroatoms. The van der Waals surface area contributed by atoms with E-state index in [9.17, 15) is 0 Å². The summed E-state index contributed by atoms with van der Waals surface area (Å²) in [5.74, 6) is 9.03. The van der Waals surface area contributed by atoms with E-state index in [0.29, 0.717) is 0 Å². The van der Waals surface area contributed by atoms with E-state index in [1.54, 1.807) is 0 Å². The van der Waals surface area contributed by atoms with Gasteiger partial charge in [-0.05, 0) is 37.1 Å². The number of aryl methyl sites for hydroxylation is 1. The van der Waals surface area contributed by atoms with Gasteiger partial charge < -0.3 is 0 Å². The number of hydrogen-bond acceptors (Lipinski definition) is 0. The molecule has 0 aliphatic carbocycles. The molecule has 1 aromatic rings. The van der Waals surface area contributed by atoms with Gasteiger partial charge in [-0.3, -0.25) is 0 Å². The highest BCUT2D eigenvalue weighted by Crippen LogP contribution is 2.09. The Morgan fingerprint density at radius 3 is 2.69 bits per heavy atom. The summed E-state index contributed by atoms with van der Waals surface area (Å²) >= 11 is 0. The van der Waals surface area contributed by atoms with E-state index in [1.807, 2.05) is 19.1 Å². The lowest BCUT2D eigenvalue weighted by molar-refractivity contribution is 0.737. The second-order valence-electron chi connectivity index (χ2n) is 3.93. The van der Waals surface area contributed by atoms with Crippen LogP contribution in [0.2, 0.25) is 0 Å². The fourth-order valence-electron chi connectivity index (χ4n) is 1.53. The van der Waals surface area contributed by atoms with E-state index in [2.05, 4.69) is 30.8 Å². The van der Waals surface area contributed by atoms with E-state index in [4.69, 9.17) is 6.42 Å². The monoisotopic (exact) mass is 210 g/mol. The lowest BCUT2D eigenvalue weighted by atomic mass is 10.1. The van der Waals surface area contributed by atoms with Gasteiger partial charge in [-0.15, -0.1) is 6.42 Å². The minimum atomic E-state index is 0.955. The van der Waals surface area contributed by atoms with Crippen LogP contribution in [0.1, 0.15) is 49.3 Å². The van der Waals surface area contributed by atoms with Gasteiger partial charge in [0.25, 0.3) is 0 Å². The predicted octanol–water partition coefficient (Wildman–Crippen LogP) is 3.91. The summed E-state index contributed by atoms with van der Waals surface area (Å²) in [6.45, 7) is 4.23. The highest BCUT2D eigenvalue weighted by molar-refractivity contribution is 5.46. The van der Waals surface area contributed by atoms with Gasteiger partial charge >= 0.3 is 0 Å². The SMILES string of the molecule is C#Cc1ccc(C#CCCCCC)cc1C. The molecule has 0 aliphatic heterocycles. The third-order valence-corrected chi connectivity index (χ3v) is 2.52. The van der Waals surface area contributed by atoms with Crippen LogP contribution in [0.25, 0.3) is 0 Å². The van der Waals surface area contributed by atoms with Gasteiger partial charge in [0.2, 0.25) is 0 Å². The smallest absolute Gasteiger partial charge is 0.0272 e. The standard InChI is InChI=1S/C16H18/c1-4-6-7-8-9-10-15-11-12-16(5-2)14(3)13-15/h2,11-13H,4,6-8H2,1,3H3. The normalized spacial score (nSPS) is 9.06. The Morgan fingerprint density at radius 2 is 2.06 bits per heavy atom. The van der Waals surface area contributed by atoms with Crippen molar-refractivity contribution < 1.29 is 0 Å². The van der Waals surface area contributed by atoms with Crippen molar-refractivity contribution in [1.82, 2.24) is 0 Å². The van der Waals surface area contributed by atoms with Crippen molar-refractivity contribution in [2.75, 3.05) is 0 Å². The third-order valence-electron chi connectivity index (χ3n) is 2.52. The van der Waals surface area contributed by atoms with Crippen LogP contribution in [-0.4, -0.2) is 0 Å². The maximum atomic E-state index is 5.37. The average Bonchev–Trinajstić information content (AvgIpc) is 2.29. The first-order chi connectivity index (χ1) is 7.77. The van der Waals surface area contributed by atoms with Gasteiger partial charge in [0.15, 0.2) is 0 Å². The van der Waals surface area contributed by atoms with E-state index in [0.717, 1.165) is 23.1 Å². The minimum Gasteiger partial charge on any atom is -0.115 e. The summed E-state index contributed by atoms with van der Waals surface area (Å²) in [6.07, 6.45) is 10.1. The fraction of sp³-hybridized carbons (Fsp3) is 0.375. The maximum Gasteiger partial charge on any atom is 0.0272 e. The lowest BCUT2D eigenvalue weighted by Gasteiger charge is -1.98. The van der Waals surface area contributed by atoms with Crippen molar-refractivity contribution in [3.05, 3.63) is 34.9 Å². The Morgan fingerprint density at radius 1 is 1.25 bits per heavy atom. The first kappa shape index (κ1) is 12.4. The first-order valence-corrected chi connectivity index (χ1v) is 5.84. The largest absolute Gasteiger partial charge is 0.115 e. The predicted molar refractivity (Wildman–Crippen MR) is 70.1 cm³/mol. The Labute approximate surface area is 99.1 Å². The van der Waals surface area contributed by atoms with Gasteiger partial charge in [0, 0.05) is 17.5 Å². The molecular weight excluding hydrogens is 192 g/mol. The van der Waals surface area contributed by atoms with Crippen molar-refractivity contribution in [2.45, 2.75) is 39.5 Å². The van der Waals surface area contributed by atoms with Gasteiger partial charge in [-0.2, -0.15) is 0 Å². The molecule has 0 N–H and O–H groups in total. The van der Waals surface area contributed by atoms with Crippen molar-refractivity contribution in [1.29, 1.82) is 0 Å². The van der Waals surface area contributed by atoms with Crippen LogP contribution >= 0.6 is 0 Å². The van der Waals surface area contributed by atoms with Gasteiger partial charge in [-0.1, -0.05) is 37.5 Å². The summed E-state index contributed by atoms with van der Waals surface area (Å²) in [7, 11) is 0. The molecule has 0 unspecified atom stereocenters. The van der Waals surface area contributed by atoms with E-state index in [1.165, 1.54) is 19.3 Å². The Bertz CT molecular complexity index is 435. The fourth-order valence-corrected chi connectivity index (χ4v) is 1.53. The molecule has 0 atom stereocenters. The molecule has 1 rings (SSSR count). The molecule has 0 saturated carbocycles. The highest BCUT2D eigenvalue weighted by Gasteiger charge is 1.94. The number of unbranched alkanes of at least 4 members (excludes halogenated alkanes) is 3. The zero-order valence-electron chi connectivity index (χ0n) is 10.1. The molecule has 0 bridgehead atoms. The number of rotatable bonds is 3. The molecule has 16 heavy (non-hydrogen) atoms.